The Balaban J connectivity index is 1.27. The van der Waals surface area contributed by atoms with Gasteiger partial charge in [0.25, 0.3) is 0 Å². The SMILES string of the molecule is [2H]c1c([2H])c([2H])c(-c2ccc3oc4ccc(-c5nc(-c6ccccc6)nc(-c6ccc(-c7ccccc7)cc6)n5)cc4c3c2)c([2H])c1[2H]. The zero-order valence-corrected chi connectivity index (χ0v) is 22.8. The molecule has 8 rings (SSSR count). The van der Waals surface area contributed by atoms with E-state index in [2.05, 4.69) is 24.3 Å². The van der Waals surface area contributed by atoms with Crippen LogP contribution in [0.15, 0.2) is 156 Å². The molecule has 0 bridgehead atoms. The quantitative estimate of drug-likeness (QED) is 0.212. The monoisotopic (exact) mass is 556 g/mol. The van der Waals surface area contributed by atoms with E-state index in [0.29, 0.717) is 34.2 Å². The molecule has 0 N–H and O–H groups in total. The Kier molecular flexibility index (Phi) is 4.91. The topological polar surface area (TPSA) is 51.8 Å². The van der Waals surface area contributed by atoms with E-state index in [0.717, 1.165) is 38.6 Å². The van der Waals surface area contributed by atoms with Gasteiger partial charge in [-0.25, -0.2) is 15.0 Å². The highest BCUT2D eigenvalue weighted by Gasteiger charge is 2.15. The van der Waals surface area contributed by atoms with Crippen LogP contribution in [0.2, 0.25) is 0 Å². The van der Waals surface area contributed by atoms with Crippen molar-refractivity contribution >= 4 is 21.9 Å². The van der Waals surface area contributed by atoms with Crippen molar-refractivity contribution in [1.82, 2.24) is 15.0 Å². The highest BCUT2D eigenvalue weighted by atomic mass is 16.3. The second-order valence-corrected chi connectivity index (χ2v) is 10.1. The van der Waals surface area contributed by atoms with Crippen LogP contribution in [-0.4, -0.2) is 15.0 Å². The highest BCUT2D eigenvalue weighted by molar-refractivity contribution is 6.07. The molecule has 0 aliphatic rings. The molecule has 0 saturated heterocycles. The van der Waals surface area contributed by atoms with Crippen LogP contribution >= 0.6 is 0 Å². The van der Waals surface area contributed by atoms with Gasteiger partial charge in [0.1, 0.15) is 11.2 Å². The van der Waals surface area contributed by atoms with Crippen molar-refractivity contribution in [3.05, 3.63) is 152 Å². The number of rotatable bonds is 5. The van der Waals surface area contributed by atoms with E-state index < -0.39 is 6.04 Å². The van der Waals surface area contributed by atoms with Crippen LogP contribution in [-0.2, 0) is 0 Å². The van der Waals surface area contributed by atoms with Gasteiger partial charge in [-0.3, -0.25) is 0 Å². The van der Waals surface area contributed by atoms with Crippen LogP contribution < -0.4 is 0 Å². The molecule has 0 saturated carbocycles. The number of furan rings is 1. The van der Waals surface area contributed by atoms with Crippen LogP contribution in [0.1, 0.15) is 6.85 Å². The molecule has 0 aliphatic heterocycles. The smallest absolute Gasteiger partial charge is 0.164 e. The molecule has 6 aromatic carbocycles. The van der Waals surface area contributed by atoms with E-state index in [-0.39, 0.29) is 29.7 Å². The predicted molar refractivity (Wildman–Crippen MR) is 174 cm³/mol. The third-order valence-corrected chi connectivity index (χ3v) is 7.43. The summed E-state index contributed by atoms with van der Waals surface area (Å²) in [6, 6.07) is 37.5. The zero-order valence-electron chi connectivity index (χ0n) is 27.8. The van der Waals surface area contributed by atoms with Crippen molar-refractivity contribution in [2.45, 2.75) is 0 Å². The maximum atomic E-state index is 8.47. The summed E-state index contributed by atoms with van der Waals surface area (Å²) < 4.78 is 47.3. The third kappa shape index (κ3) is 4.75. The molecule has 0 radical (unpaired) electrons. The fourth-order valence-electron chi connectivity index (χ4n) is 5.26. The summed E-state index contributed by atoms with van der Waals surface area (Å²) >= 11 is 0. The molecule has 0 fully saturated rings. The molecule has 43 heavy (non-hydrogen) atoms. The molecule has 202 valence electrons. The van der Waals surface area contributed by atoms with Gasteiger partial charge in [0, 0.05) is 27.5 Å². The van der Waals surface area contributed by atoms with E-state index in [1.165, 1.54) is 0 Å². The minimum Gasteiger partial charge on any atom is -0.456 e. The first-order valence-corrected chi connectivity index (χ1v) is 13.9. The number of benzene rings is 6. The van der Waals surface area contributed by atoms with Gasteiger partial charge in [-0.1, -0.05) is 121 Å². The normalized spacial score (nSPS) is 12.9. The summed E-state index contributed by atoms with van der Waals surface area (Å²) in [4.78, 5) is 14.7. The molecule has 0 unspecified atom stereocenters. The number of fused-ring (bicyclic) bond motifs is 3. The summed E-state index contributed by atoms with van der Waals surface area (Å²) in [7, 11) is 0. The second-order valence-electron chi connectivity index (χ2n) is 10.1. The molecule has 0 spiro atoms. The van der Waals surface area contributed by atoms with Gasteiger partial charge < -0.3 is 4.42 Å². The maximum absolute atomic E-state index is 8.47. The number of nitrogens with zero attached hydrogens (tertiary/aromatic N) is 3. The van der Waals surface area contributed by atoms with Crippen LogP contribution in [0.25, 0.3) is 78.4 Å². The van der Waals surface area contributed by atoms with Crippen molar-refractivity contribution in [3.8, 4) is 56.4 Å². The predicted octanol–water partition coefficient (Wildman–Crippen LogP) is 10.1. The molecule has 0 aliphatic carbocycles. The van der Waals surface area contributed by atoms with Gasteiger partial charge in [0.15, 0.2) is 17.5 Å². The van der Waals surface area contributed by atoms with Gasteiger partial charge in [-0.2, -0.15) is 0 Å². The Morgan fingerprint density at radius 3 is 1.47 bits per heavy atom. The fourth-order valence-corrected chi connectivity index (χ4v) is 5.26. The first-order chi connectivity index (χ1) is 23.4. The number of hydrogen-bond acceptors (Lipinski definition) is 4. The minimum absolute atomic E-state index is 0.140. The van der Waals surface area contributed by atoms with Gasteiger partial charge in [-0.05, 0) is 52.6 Å². The standard InChI is InChI=1S/C39H25N3O/c1-4-10-26(11-5-1)28-16-18-30(19-17-28)38-40-37(29-14-8-3-9-15-29)41-39(42-38)32-21-23-36-34(25-32)33-24-31(20-22-35(33)43-36)27-12-6-2-7-13-27/h1-25H/i2D,6D,7D,12D,13D. The van der Waals surface area contributed by atoms with Crippen LogP contribution in [0.3, 0.4) is 0 Å². The van der Waals surface area contributed by atoms with Crippen molar-refractivity contribution < 1.29 is 11.3 Å². The largest absolute Gasteiger partial charge is 0.456 e. The molecule has 0 atom stereocenters. The van der Waals surface area contributed by atoms with E-state index in [4.69, 9.17) is 26.2 Å². The first-order valence-electron chi connectivity index (χ1n) is 16.4. The summed E-state index contributed by atoms with van der Waals surface area (Å²) in [6.45, 7) is 0. The van der Waals surface area contributed by atoms with E-state index >= 15 is 0 Å². The van der Waals surface area contributed by atoms with Crippen molar-refractivity contribution in [1.29, 1.82) is 0 Å². The van der Waals surface area contributed by atoms with Gasteiger partial charge >= 0.3 is 0 Å². The summed E-state index contributed by atoms with van der Waals surface area (Å²) in [5.41, 5.74) is 6.58. The Morgan fingerprint density at radius 1 is 0.395 bits per heavy atom. The zero-order chi connectivity index (χ0) is 32.9. The lowest BCUT2D eigenvalue weighted by Crippen LogP contribution is -2.00. The lowest BCUT2D eigenvalue weighted by atomic mass is 10.0. The average molecular weight is 557 g/mol. The summed E-state index contributed by atoms with van der Waals surface area (Å²) in [6.07, 6.45) is 0. The van der Waals surface area contributed by atoms with Crippen molar-refractivity contribution in [2.75, 3.05) is 0 Å². The molecule has 8 aromatic rings. The van der Waals surface area contributed by atoms with Gasteiger partial charge in [0.2, 0.25) is 0 Å². The third-order valence-electron chi connectivity index (χ3n) is 7.43. The molecule has 4 heteroatoms. The average Bonchev–Trinajstić information content (AvgIpc) is 3.51. The Bertz CT molecular complexity index is 2470. The van der Waals surface area contributed by atoms with Crippen LogP contribution in [0, 0.1) is 0 Å². The maximum Gasteiger partial charge on any atom is 0.164 e. The number of hydrogen-bond donors (Lipinski definition) is 0. The molecule has 0 amide bonds. The van der Waals surface area contributed by atoms with Crippen LogP contribution in [0.5, 0.6) is 0 Å². The van der Waals surface area contributed by atoms with Gasteiger partial charge in [-0.15, -0.1) is 0 Å². The first kappa shape index (κ1) is 20.1. The van der Waals surface area contributed by atoms with E-state index in [9.17, 15) is 0 Å². The van der Waals surface area contributed by atoms with Crippen molar-refractivity contribution in [2.24, 2.45) is 0 Å². The van der Waals surface area contributed by atoms with Gasteiger partial charge in [0.05, 0.1) is 6.85 Å². The van der Waals surface area contributed by atoms with Crippen LogP contribution in [0.4, 0.5) is 0 Å². The summed E-state index contributed by atoms with van der Waals surface area (Å²) in [5.74, 6) is 1.58. The molecular weight excluding hydrogens is 526 g/mol. The van der Waals surface area contributed by atoms with Crippen molar-refractivity contribution in [3.63, 3.8) is 0 Å². The Morgan fingerprint density at radius 2 is 0.837 bits per heavy atom. The Hall–Kier alpha value is -5.87. The van der Waals surface area contributed by atoms with E-state index in [1.807, 2.05) is 78.9 Å². The molecular formula is C39H25N3O. The lowest BCUT2D eigenvalue weighted by Gasteiger charge is -2.09. The molecule has 4 nitrogen and oxygen atoms in total. The summed E-state index contributed by atoms with van der Waals surface area (Å²) in [5, 5.41) is 1.53. The lowest BCUT2D eigenvalue weighted by molar-refractivity contribution is 0.669. The Labute approximate surface area is 256 Å². The molecule has 2 heterocycles. The second kappa shape index (κ2) is 10.5. The minimum atomic E-state index is -0.424. The molecule has 2 aromatic heterocycles. The fraction of sp³-hybridized carbons (Fsp3) is 0. The highest BCUT2D eigenvalue weighted by Crippen LogP contribution is 2.35. The number of aromatic nitrogens is 3. The van der Waals surface area contributed by atoms with E-state index in [1.54, 1.807) is 18.2 Å².